The highest BCUT2D eigenvalue weighted by molar-refractivity contribution is 7.09. The maximum Gasteiger partial charge on any atom is 0.265 e. The molecule has 0 fully saturated rings. The van der Waals surface area contributed by atoms with Gasteiger partial charge in [-0.25, -0.2) is 9.97 Å². The number of aryl methyl sites for hydroxylation is 3. The summed E-state index contributed by atoms with van der Waals surface area (Å²) in [4.78, 5) is 33.9. The van der Waals surface area contributed by atoms with E-state index in [1.54, 1.807) is 14.0 Å². The first-order chi connectivity index (χ1) is 12.5. The minimum Gasteiger partial charge on any atom is -0.442 e. The number of carbonyl (C=O) groups is 1. The molecule has 0 aromatic carbocycles. The standard InChI is InChI=1S/C17H20N4O4S/c1-10-8-26-12(20-10)7-18-15(22)13-11(2)25-16-14(13)17(23)21(9-19-16)5-4-6-24-3/h8-9H,4-7H2,1-3H3,(H,18,22). The summed E-state index contributed by atoms with van der Waals surface area (Å²) in [6.45, 7) is 4.84. The van der Waals surface area contributed by atoms with Crippen molar-refractivity contribution in [2.24, 2.45) is 0 Å². The van der Waals surface area contributed by atoms with Crippen molar-refractivity contribution in [3.05, 3.63) is 44.1 Å². The minimum absolute atomic E-state index is 0.172. The van der Waals surface area contributed by atoms with Gasteiger partial charge in [-0.15, -0.1) is 11.3 Å². The normalized spacial score (nSPS) is 11.2. The van der Waals surface area contributed by atoms with Crippen LogP contribution in [0.15, 0.2) is 20.9 Å². The summed E-state index contributed by atoms with van der Waals surface area (Å²) in [5.41, 5.74) is 1.02. The van der Waals surface area contributed by atoms with E-state index >= 15 is 0 Å². The van der Waals surface area contributed by atoms with Gasteiger partial charge in [0.25, 0.3) is 11.5 Å². The lowest BCUT2D eigenvalue weighted by atomic mass is 10.2. The molecule has 3 aromatic heterocycles. The molecule has 0 saturated heterocycles. The van der Waals surface area contributed by atoms with Crippen LogP contribution in [0.25, 0.3) is 11.1 Å². The number of amides is 1. The lowest BCUT2D eigenvalue weighted by molar-refractivity contribution is 0.0950. The topological polar surface area (TPSA) is 99.2 Å². The van der Waals surface area contributed by atoms with Crippen molar-refractivity contribution in [2.45, 2.75) is 33.4 Å². The van der Waals surface area contributed by atoms with Gasteiger partial charge in [0.1, 0.15) is 22.5 Å². The van der Waals surface area contributed by atoms with E-state index in [9.17, 15) is 9.59 Å². The van der Waals surface area contributed by atoms with Crippen molar-refractivity contribution in [2.75, 3.05) is 13.7 Å². The molecule has 8 nitrogen and oxygen atoms in total. The number of furan rings is 1. The highest BCUT2D eigenvalue weighted by Crippen LogP contribution is 2.21. The van der Waals surface area contributed by atoms with Crippen molar-refractivity contribution in [1.29, 1.82) is 0 Å². The van der Waals surface area contributed by atoms with Gasteiger partial charge in [0.15, 0.2) is 0 Å². The lowest BCUT2D eigenvalue weighted by Gasteiger charge is -2.05. The number of hydrogen-bond acceptors (Lipinski definition) is 7. The summed E-state index contributed by atoms with van der Waals surface area (Å²) in [7, 11) is 1.61. The zero-order valence-electron chi connectivity index (χ0n) is 14.9. The Morgan fingerprint density at radius 3 is 2.92 bits per heavy atom. The third kappa shape index (κ3) is 3.68. The molecule has 3 heterocycles. The number of nitrogens with one attached hydrogen (secondary N) is 1. The van der Waals surface area contributed by atoms with Crippen molar-refractivity contribution in [3.63, 3.8) is 0 Å². The van der Waals surface area contributed by atoms with E-state index in [1.807, 2.05) is 12.3 Å². The predicted octanol–water partition coefficient (Wildman–Crippen LogP) is 2.03. The summed E-state index contributed by atoms with van der Waals surface area (Å²) < 4.78 is 12.0. The van der Waals surface area contributed by atoms with Crippen LogP contribution in [-0.2, 0) is 17.8 Å². The Morgan fingerprint density at radius 1 is 1.42 bits per heavy atom. The van der Waals surface area contributed by atoms with Crippen molar-refractivity contribution in [1.82, 2.24) is 19.9 Å². The van der Waals surface area contributed by atoms with Crippen LogP contribution in [0, 0.1) is 13.8 Å². The zero-order chi connectivity index (χ0) is 18.7. The van der Waals surface area contributed by atoms with E-state index in [1.165, 1.54) is 22.2 Å². The molecule has 0 saturated carbocycles. The average Bonchev–Trinajstić information content (AvgIpc) is 3.18. The maximum atomic E-state index is 12.8. The molecule has 1 amide bonds. The second kappa shape index (κ2) is 7.79. The number of fused-ring (bicyclic) bond motifs is 1. The minimum atomic E-state index is -0.373. The Kier molecular flexibility index (Phi) is 5.48. The first-order valence-corrected chi connectivity index (χ1v) is 9.06. The fourth-order valence-corrected chi connectivity index (χ4v) is 3.39. The Bertz CT molecular complexity index is 988. The van der Waals surface area contributed by atoms with E-state index < -0.39 is 0 Å². The summed E-state index contributed by atoms with van der Waals surface area (Å²) in [5, 5.41) is 5.73. The van der Waals surface area contributed by atoms with E-state index in [0.29, 0.717) is 31.9 Å². The molecule has 0 aliphatic heterocycles. The van der Waals surface area contributed by atoms with Gasteiger partial charge < -0.3 is 14.5 Å². The smallest absolute Gasteiger partial charge is 0.265 e. The number of carbonyl (C=O) groups excluding carboxylic acids is 1. The van der Waals surface area contributed by atoms with Gasteiger partial charge in [0, 0.05) is 31.3 Å². The first kappa shape index (κ1) is 18.3. The van der Waals surface area contributed by atoms with Crippen LogP contribution in [-0.4, -0.2) is 34.2 Å². The fraction of sp³-hybridized carbons (Fsp3) is 0.412. The first-order valence-electron chi connectivity index (χ1n) is 8.18. The summed E-state index contributed by atoms with van der Waals surface area (Å²) >= 11 is 1.47. The summed E-state index contributed by atoms with van der Waals surface area (Å²) in [6, 6.07) is 0. The third-order valence-electron chi connectivity index (χ3n) is 3.90. The van der Waals surface area contributed by atoms with Crippen LogP contribution in [0.2, 0.25) is 0 Å². The molecule has 138 valence electrons. The number of methoxy groups -OCH3 is 1. The molecule has 9 heteroatoms. The average molecular weight is 376 g/mol. The van der Waals surface area contributed by atoms with E-state index in [2.05, 4.69) is 15.3 Å². The molecule has 0 radical (unpaired) electrons. The van der Waals surface area contributed by atoms with Crippen LogP contribution < -0.4 is 10.9 Å². The molecule has 0 unspecified atom stereocenters. The lowest BCUT2D eigenvalue weighted by Crippen LogP contribution is -2.26. The second-order valence-electron chi connectivity index (χ2n) is 5.87. The molecule has 26 heavy (non-hydrogen) atoms. The largest absolute Gasteiger partial charge is 0.442 e. The molecule has 0 bridgehead atoms. The zero-order valence-corrected chi connectivity index (χ0v) is 15.7. The van der Waals surface area contributed by atoms with Crippen molar-refractivity contribution >= 4 is 28.3 Å². The van der Waals surface area contributed by atoms with Crippen LogP contribution >= 0.6 is 11.3 Å². The van der Waals surface area contributed by atoms with Crippen molar-refractivity contribution in [3.8, 4) is 0 Å². The highest BCUT2D eigenvalue weighted by atomic mass is 32.1. The van der Waals surface area contributed by atoms with Gasteiger partial charge in [-0.05, 0) is 20.3 Å². The highest BCUT2D eigenvalue weighted by Gasteiger charge is 2.22. The van der Waals surface area contributed by atoms with Gasteiger partial charge in [0.05, 0.1) is 12.1 Å². The molecule has 3 aromatic rings. The molecule has 0 aliphatic rings. The van der Waals surface area contributed by atoms with Gasteiger partial charge in [-0.1, -0.05) is 0 Å². The second-order valence-corrected chi connectivity index (χ2v) is 6.81. The molecule has 0 atom stereocenters. The van der Waals surface area contributed by atoms with E-state index in [4.69, 9.17) is 9.15 Å². The number of thiazole rings is 1. The fourth-order valence-electron chi connectivity index (χ4n) is 2.68. The van der Waals surface area contributed by atoms with Gasteiger partial charge in [0.2, 0.25) is 5.71 Å². The molecule has 1 N–H and O–H groups in total. The monoisotopic (exact) mass is 376 g/mol. The van der Waals surface area contributed by atoms with Crippen molar-refractivity contribution < 1.29 is 13.9 Å². The van der Waals surface area contributed by atoms with Gasteiger partial charge in [-0.2, -0.15) is 0 Å². The van der Waals surface area contributed by atoms with Gasteiger partial charge in [-0.3, -0.25) is 14.2 Å². The number of hydrogen-bond donors (Lipinski definition) is 1. The molecular formula is C17H20N4O4S. The number of nitrogens with zero attached hydrogens (tertiary/aromatic N) is 3. The molecule has 0 spiro atoms. The Hall–Kier alpha value is -2.52. The Morgan fingerprint density at radius 2 is 2.23 bits per heavy atom. The predicted molar refractivity (Wildman–Crippen MR) is 97.5 cm³/mol. The number of aromatic nitrogens is 3. The number of rotatable bonds is 7. The van der Waals surface area contributed by atoms with Gasteiger partial charge >= 0.3 is 0 Å². The summed E-state index contributed by atoms with van der Waals surface area (Å²) in [5.74, 6) is -0.00490. The maximum absolute atomic E-state index is 12.8. The van der Waals surface area contributed by atoms with E-state index in [-0.39, 0.29) is 28.1 Å². The molecular weight excluding hydrogens is 356 g/mol. The summed E-state index contributed by atoms with van der Waals surface area (Å²) in [6.07, 6.45) is 2.11. The Balaban J connectivity index is 1.88. The quantitative estimate of drug-likeness (QED) is 0.634. The van der Waals surface area contributed by atoms with Crippen LogP contribution in [0.5, 0.6) is 0 Å². The van der Waals surface area contributed by atoms with Crippen LogP contribution in [0.3, 0.4) is 0 Å². The SMILES string of the molecule is COCCCn1cnc2oc(C)c(C(=O)NCc3nc(C)cs3)c2c1=O. The van der Waals surface area contributed by atoms with E-state index in [0.717, 1.165) is 10.7 Å². The third-order valence-corrected chi connectivity index (χ3v) is 4.86. The molecule has 0 aliphatic carbocycles. The Labute approximate surface area is 153 Å². The molecule has 3 rings (SSSR count). The number of ether oxygens (including phenoxy) is 1. The van der Waals surface area contributed by atoms with Crippen LogP contribution in [0.1, 0.15) is 33.2 Å². The van der Waals surface area contributed by atoms with Crippen LogP contribution in [0.4, 0.5) is 0 Å².